The van der Waals surface area contributed by atoms with Gasteiger partial charge in [-0.2, -0.15) is 5.21 Å². The van der Waals surface area contributed by atoms with E-state index in [1.54, 1.807) is 12.4 Å². The van der Waals surface area contributed by atoms with Gasteiger partial charge in [-0.25, -0.2) is 9.97 Å². The largest absolute Gasteiger partial charge is 0.341 e. The lowest BCUT2D eigenvalue weighted by molar-refractivity contribution is 0.481. The quantitative estimate of drug-likeness (QED) is 0.895. The molecule has 2 aromatic heterocycles. The van der Waals surface area contributed by atoms with Gasteiger partial charge in [-0.1, -0.05) is 5.21 Å². The summed E-state index contributed by atoms with van der Waals surface area (Å²) in [5, 5.41) is 14.2. The molecular formula is C10H12BrN7. The molecule has 0 radical (unpaired) electrons. The lowest BCUT2D eigenvalue weighted by Gasteiger charge is -2.30. The highest BCUT2D eigenvalue weighted by Crippen LogP contribution is 2.26. The summed E-state index contributed by atoms with van der Waals surface area (Å²) >= 11 is 3.33. The minimum absolute atomic E-state index is 0.385. The summed E-state index contributed by atoms with van der Waals surface area (Å²) in [7, 11) is 0. The monoisotopic (exact) mass is 309 g/mol. The first-order chi connectivity index (χ1) is 8.83. The highest BCUT2D eigenvalue weighted by atomic mass is 79.9. The van der Waals surface area contributed by atoms with E-state index in [0.717, 1.165) is 42.2 Å². The van der Waals surface area contributed by atoms with Crippen LogP contribution in [-0.4, -0.2) is 43.7 Å². The van der Waals surface area contributed by atoms with Crippen LogP contribution in [-0.2, 0) is 0 Å². The van der Waals surface area contributed by atoms with Crippen molar-refractivity contribution in [2.75, 3.05) is 18.0 Å². The smallest absolute Gasteiger partial charge is 0.225 e. The normalized spacial score (nSPS) is 17.1. The average molecular weight is 310 g/mol. The molecule has 1 aliphatic rings. The highest BCUT2D eigenvalue weighted by molar-refractivity contribution is 9.10. The van der Waals surface area contributed by atoms with Crippen LogP contribution in [0.2, 0.25) is 0 Å². The zero-order valence-electron chi connectivity index (χ0n) is 9.62. The first kappa shape index (κ1) is 11.5. The van der Waals surface area contributed by atoms with Crippen LogP contribution in [0.5, 0.6) is 0 Å². The average Bonchev–Trinajstić information content (AvgIpc) is 2.94. The van der Waals surface area contributed by atoms with Crippen molar-refractivity contribution in [3.05, 3.63) is 22.7 Å². The predicted molar refractivity (Wildman–Crippen MR) is 68.1 cm³/mol. The summed E-state index contributed by atoms with van der Waals surface area (Å²) in [5.41, 5.74) is 0. The fraction of sp³-hybridized carbons (Fsp3) is 0.500. The lowest BCUT2D eigenvalue weighted by Crippen LogP contribution is -2.34. The maximum Gasteiger partial charge on any atom is 0.225 e. The minimum atomic E-state index is 0.385. The number of hydrogen-bond donors (Lipinski definition) is 1. The highest BCUT2D eigenvalue weighted by Gasteiger charge is 2.24. The third kappa shape index (κ3) is 2.33. The van der Waals surface area contributed by atoms with Crippen molar-refractivity contribution in [3.8, 4) is 0 Å². The maximum atomic E-state index is 4.31. The summed E-state index contributed by atoms with van der Waals surface area (Å²) in [6, 6.07) is 0. The molecule has 7 nitrogen and oxygen atoms in total. The number of aromatic amines is 1. The molecule has 3 rings (SSSR count). The van der Waals surface area contributed by atoms with Crippen LogP contribution in [0.25, 0.3) is 0 Å². The van der Waals surface area contributed by atoms with Crippen molar-refractivity contribution in [1.29, 1.82) is 0 Å². The molecule has 0 aliphatic carbocycles. The summed E-state index contributed by atoms with van der Waals surface area (Å²) in [6.45, 7) is 1.83. The molecule has 18 heavy (non-hydrogen) atoms. The molecule has 0 unspecified atom stereocenters. The lowest BCUT2D eigenvalue weighted by atomic mass is 9.96. The Morgan fingerprint density at radius 1 is 1.22 bits per heavy atom. The van der Waals surface area contributed by atoms with Crippen LogP contribution in [0.4, 0.5) is 5.95 Å². The number of nitrogens with one attached hydrogen (secondary N) is 1. The minimum Gasteiger partial charge on any atom is -0.341 e. The van der Waals surface area contributed by atoms with Crippen molar-refractivity contribution in [2.45, 2.75) is 18.8 Å². The van der Waals surface area contributed by atoms with Gasteiger partial charge >= 0.3 is 0 Å². The molecule has 0 bridgehead atoms. The molecule has 0 spiro atoms. The van der Waals surface area contributed by atoms with Crippen LogP contribution in [0.15, 0.2) is 16.9 Å². The molecule has 2 aromatic rings. The second-order valence-corrected chi connectivity index (χ2v) is 5.15. The Morgan fingerprint density at radius 3 is 2.56 bits per heavy atom. The zero-order chi connectivity index (χ0) is 12.4. The number of halogens is 1. The van der Waals surface area contributed by atoms with E-state index in [1.165, 1.54) is 0 Å². The van der Waals surface area contributed by atoms with Crippen LogP contribution >= 0.6 is 15.9 Å². The molecule has 1 fully saturated rings. The Morgan fingerprint density at radius 2 is 1.94 bits per heavy atom. The van der Waals surface area contributed by atoms with E-state index in [1.807, 2.05) is 0 Å². The van der Waals surface area contributed by atoms with Gasteiger partial charge in [0, 0.05) is 31.4 Å². The SMILES string of the molecule is Brc1cnc(N2CCC(c3nn[nH]n3)CC2)nc1. The molecule has 1 N–H and O–H groups in total. The molecular weight excluding hydrogens is 298 g/mol. The zero-order valence-corrected chi connectivity index (χ0v) is 11.2. The van der Waals surface area contributed by atoms with E-state index in [-0.39, 0.29) is 0 Å². The van der Waals surface area contributed by atoms with Crippen LogP contribution in [0.1, 0.15) is 24.6 Å². The van der Waals surface area contributed by atoms with Gasteiger partial charge in [0.2, 0.25) is 5.95 Å². The number of anilines is 1. The van der Waals surface area contributed by atoms with Gasteiger partial charge < -0.3 is 4.90 Å². The number of hydrogen-bond acceptors (Lipinski definition) is 6. The first-order valence-corrected chi connectivity index (χ1v) is 6.58. The van der Waals surface area contributed by atoms with Crippen LogP contribution in [0.3, 0.4) is 0 Å². The van der Waals surface area contributed by atoms with E-state index in [4.69, 9.17) is 0 Å². The number of aromatic nitrogens is 6. The first-order valence-electron chi connectivity index (χ1n) is 5.79. The van der Waals surface area contributed by atoms with Crippen molar-refractivity contribution in [2.24, 2.45) is 0 Å². The molecule has 0 atom stereocenters. The fourth-order valence-electron chi connectivity index (χ4n) is 2.15. The Kier molecular flexibility index (Phi) is 3.18. The van der Waals surface area contributed by atoms with Crippen molar-refractivity contribution >= 4 is 21.9 Å². The van der Waals surface area contributed by atoms with E-state index in [0.29, 0.717) is 5.92 Å². The number of rotatable bonds is 2. The molecule has 0 amide bonds. The second kappa shape index (κ2) is 4.97. The van der Waals surface area contributed by atoms with E-state index in [9.17, 15) is 0 Å². The van der Waals surface area contributed by atoms with Gasteiger partial charge in [0.15, 0.2) is 5.82 Å². The number of piperidine rings is 1. The van der Waals surface area contributed by atoms with Gasteiger partial charge in [-0.3, -0.25) is 0 Å². The van der Waals surface area contributed by atoms with Crippen molar-refractivity contribution in [1.82, 2.24) is 30.6 Å². The van der Waals surface area contributed by atoms with Crippen LogP contribution in [0, 0.1) is 0 Å². The van der Waals surface area contributed by atoms with Gasteiger partial charge in [0.1, 0.15) is 0 Å². The van der Waals surface area contributed by atoms with Gasteiger partial charge in [0.25, 0.3) is 0 Å². The van der Waals surface area contributed by atoms with Gasteiger partial charge in [-0.05, 0) is 28.8 Å². The van der Waals surface area contributed by atoms with Gasteiger partial charge in [-0.15, -0.1) is 10.2 Å². The summed E-state index contributed by atoms with van der Waals surface area (Å²) < 4.78 is 0.896. The molecule has 1 aliphatic heterocycles. The Hall–Kier alpha value is -1.57. The standard InChI is InChI=1S/C10H12BrN7/c11-8-5-12-10(13-6-8)18-3-1-7(2-4-18)9-14-16-17-15-9/h5-7H,1-4H2,(H,14,15,16,17). The van der Waals surface area contributed by atoms with Crippen LogP contribution < -0.4 is 4.90 Å². The third-order valence-electron chi connectivity index (χ3n) is 3.11. The summed E-state index contributed by atoms with van der Waals surface area (Å²) in [6.07, 6.45) is 5.54. The van der Waals surface area contributed by atoms with Crippen molar-refractivity contribution in [3.63, 3.8) is 0 Å². The maximum absolute atomic E-state index is 4.31. The predicted octanol–water partition coefficient (Wildman–Crippen LogP) is 1.14. The third-order valence-corrected chi connectivity index (χ3v) is 3.52. The molecule has 94 valence electrons. The Balaban J connectivity index is 1.65. The second-order valence-electron chi connectivity index (χ2n) is 4.23. The molecule has 0 aromatic carbocycles. The number of H-pyrrole nitrogens is 1. The molecule has 1 saturated heterocycles. The number of nitrogens with zero attached hydrogens (tertiary/aromatic N) is 6. The summed E-state index contributed by atoms with van der Waals surface area (Å²) in [5.74, 6) is 1.98. The van der Waals surface area contributed by atoms with Gasteiger partial charge in [0.05, 0.1) is 4.47 Å². The van der Waals surface area contributed by atoms with Crippen molar-refractivity contribution < 1.29 is 0 Å². The molecule has 3 heterocycles. The Labute approximate surface area is 112 Å². The Bertz CT molecular complexity index is 489. The molecule has 8 heteroatoms. The van der Waals surface area contributed by atoms with E-state index < -0.39 is 0 Å². The van der Waals surface area contributed by atoms with E-state index in [2.05, 4.69) is 51.4 Å². The van der Waals surface area contributed by atoms with E-state index >= 15 is 0 Å². The fourth-order valence-corrected chi connectivity index (χ4v) is 2.35. The summed E-state index contributed by atoms with van der Waals surface area (Å²) in [4.78, 5) is 10.8. The number of tetrazole rings is 1. The topological polar surface area (TPSA) is 83.5 Å². The molecule has 0 saturated carbocycles.